The third-order valence-electron chi connectivity index (χ3n) is 4.40. The number of amides is 1. The van der Waals surface area contributed by atoms with Crippen LogP contribution in [0.5, 0.6) is 0 Å². The summed E-state index contributed by atoms with van der Waals surface area (Å²) in [5.41, 5.74) is 2.78. The van der Waals surface area contributed by atoms with Gasteiger partial charge in [-0.25, -0.2) is 4.98 Å². The van der Waals surface area contributed by atoms with E-state index < -0.39 is 0 Å². The third kappa shape index (κ3) is 2.62. The van der Waals surface area contributed by atoms with E-state index in [1.807, 2.05) is 18.2 Å². The highest BCUT2D eigenvalue weighted by molar-refractivity contribution is 8.00. The molecule has 3 aromatic rings. The normalized spacial score (nSPS) is 18.7. The number of hydrogen-bond acceptors (Lipinski definition) is 5. The average Bonchev–Trinajstić information content (AvgIpc) is 2.78. The summed E-state index contributed by atoms with van der Waals surface area (Å²) in [6.07, 6.45) is 2.93. The van der Waals surface area contributed by atoms with E-state index in [1.165, 1.54) is 11.8 Å². The number of carbonyl (C=O) groups is 1. The first kappa shape index (κ1) is 15.4. The van der Waals surface area contributed by atoms with Gasteiger partial charge in [0.15, 0.2) is 5.65 Å². The van der Waals surface area contributed by atoms with E-state index in [-0.39, 0.29) is 11.2 Å². The Morgan fingerprint density at radius 2 is 2.17 bits per heavy atom. The van der Waals surface area contributed by atoms with E-state index in [2.05, 4.69) is 33.1 Å². The Morgan fingerprint density at radius 3 is 3.04 bits per heavy atom. The summed E-state index contributed by atoms with van der Waals surface area (Å²) in [6, 6.07) is 8.15. The molecule has 0 spiro atoms. The fourth-order valence-corrected chi connectivity index (χ4v) is 4.17. The number of rotatable bonds is 3. The maximum atomic E-state index is 12.1. The summed E-state index contributed by atoms with van der Waals surface area (Å²) in [4.78, 5) is 16.8. The van der Waals surface area contributed by atoms with Gasteiger partial charge in [0.25, 0.3) is 0 Å². The molecule has 7 heteroatoms. The zero-order valence-corrected chi connectivity index (χ0v) is 14.3. The molecule has 1 aromatic carbocycles. The number of thioether (sulfide) groups is 1. The second-order valence-electron chi connectivity index (χ2n) is 5.92. The van der Waals surface area contributed by atoms with Gasteiger partial charge in [-0.05, 0) is 25.8 Å². The topological polar surface area (TPSA) is 72.7 Å². The van der Waals surface area contributed by atoms with E-state index in [0.29, 0.717) is 5.16 Å². The van der Waals surface area contributed by atoms with Crippen molar-refractivity contribution in [1.82, 2.24) is 25.1 Å². The van der Waals surface area contributed by atoms with Gasteiger partial charge in [-0.2, -0.15) is 0 Å². The summed E-state index contributed by atoms with van der Waals surface area (Å²) in [6.45, 7) is 3.67. The summed E-state index contributed by atoms with van der Waals surface area (Å²) in [5, 5.41) is 13.1. The number of nitrogens with one attached hydrogen (secondary N) is 1. The quantitative estimate of drug-likeness (QED) is 0.793. The Morgan fingerprint density at radius 1 is 1.29 bits per heavy atom. The smallest absolute Gasteiger partial charge is 0.233 e. The average molecular weight is 341 g/mol. The van der Waals surface area contributed by atoms with E-state index in [0.717, 1.165) is 54.4 Å². The van der Waals surface area contributed by atoms with Crippen molar-refractivity contribution in [2.45, 2.75) is 43.1 Å². The minimum Gasteiger partial charge on any atom is -0.355 e. The molecule has 6 nitrogen and oxygen atoms in total. The SMILES string of the molecule is CCn1c2ccccc2c2nnc(SC3CCCCNC3=O)nc21. The monoisotopic (exact) mass is 341 g/mol. The van der Waals surface area contributed by atoms with Crippen molar-refractivity contribution in [2.75, 3.05) is 6.54 Å². The van der Waals surface area contributed by atoms with Gasteiger partial charge in [0, 0.05) is 18.5 Å². The highest BCUT2D eigenvalue weighted by Gasteiger charge is 2.24. The standard InChI is InChI=1S/C17H19N5OS/c1-2-22-12-8-4-3-7-11(12)14-15(22)19-17(21-20-14)24-13-9-5-6-10-18-16(13)23/h3-4,7-8,13H,2,5-6,9-10H2,1H3,(H,18,23). The van der Waals surface area contributed by atoms with Crippen molar-refractivity contribution in [3.8, 4) is 0 Å². The van der Waals surface area contributed by atoms with E-state index in [9.17, 15) is 4.79 Å². The van der Waals surface area contributed by atoms with Crippen molar-refractivity contribution >= 4 is 39.7 Å². The molecule has 0 radical (unpaired) electrons. The summed E-state index contributed by atoms with van der Waals surface area (Å²) >= 11 is 1.42. The van der Waals surface area contributed by atoms with Crippen LogP contribution in [0.2, 0.25) is 0 Å². The second-order valence-corrected chi connectivity index (χ2v) is 7.09. The molecule has 0 bridgehead atoms. The van der Waals surface area contributed by atoms with Gasteiger partial charge in [-0.3, -0.25) is 4.79 Å². The molecule has 1 fully saturated rings. The molecule has 1 atom stereocenters. The van der Waals surface area contributed by atoms with Gasteiger partial charge in [-0.1, -0.05) is 36.4 Å². The molecule has 0 aliphatic carbocycles. The highest BCUT2D eigenvalue weighted by Crippen LogP contribution is 2.29. The molecule has 4 rings (SSSR count). The van der Waals surface area contributed by atoms with Crippen LogP contribution in [-0.4, -0.2) is 37.5 Å². The highest BCUT2D eigenvalue weighted by atomic mass is 32.2. The predicted octanol–water partition coefficient (Wildman–Crippen LogP) is 2.76. The molecule has 124 valence electrons. The predicted molar refractivity (Wildman–Crippen MR) is 95.0 cm³/mol. The van der Waals surface area contributed by atoms with E-state index in [4.69, 9.17) is 4.98 Å². The van der Waals surface area contributed by atoms with Crippen LogP contribution in [0, 0.1) is 0 Å². The summed E-state index contributed by atoms with van der Waals surface area (Å²) in [5.74, 6) is 0.0808. The van der Waals surface area contributed by atoms with Gasteiger partial charge >= 0.3 is 0 Å². The Balaban J connectivity index is 1.75. The van der Waals surface area contributed by atoms with Crippen LogP contribution in [0.15, 0.2) is 29.4 Å². The lowest BCUT2D eigenvalue weighted by molar-refractivity contribution is -0.120. The van der Waals surface area contributed by atoms with Crippen LogP contribution in [-0.2, 0) is 11.3 Å². The molecule has 3 heterocycles. The van der Waals surface area contributed by atoms with Gasteiger partial charge in [0.05, 0.1) is 10.8 Å². The zero-order chi connectivity index (χ0) is 16.5. The van der Waals surface area contributed by atoms with Crippen LogP contribution in [0.25, 0.3) is 22.1 Å². The number of aryl methyl sites for hydroxylation is 1. The van der Waals surface area contributed by atoms with Crippen LogP contribution >= 0.6 is 11.8 Å². The van der Waals surface area contributed by atoms with Crippen LogP contribution in [0.1, 0.15) is 26.2 Å². The second kappa shape index (κ2) is 6.39. The first-order valence-electron chi connectivity index (χ1n) is 8.34. The van der Waals surface area contributed by atoms with Crippen LogP contribution in [0.3, 0.4) is 0 Å². The van der Waals surface area contributed by atoms with Gasteiger partial charge in [-0.15, -0.1) is 10.2 Å². The maximum absolute atomic E-state index is 12.1. The number of carbonyl (C=O) groups excluding carboxylic acids is 1. The number of hydrogen-bond donors (Lipinski definition) is 1. The van der Waals surface area contributed by atoms with Crippen molar-refractivity contribution in [3.63, 3.8) is 0 Å². The lowest BCUT2D eigenvalue weighted by Gasteiger charge is -2.11. The number of aromatic nitrogens is 4. The van der Waals surface area contributed by atoms with Crippen molar-refractivity contribution < 1.29 is 4.79 Å². The molecule has 0 saturated carbocycles. The minimum absolute atomic E-state index is 0.0808. The number of nitrogens with zero attached hydrogens (tertiary/aromatic N) is 4. The molecule has 1 saturated heterocycles. The van der Waals surface area contributed by atoms with Crippen molar-refractivity contribution in [2.24, 2.45) is 0 Å². The molecule has 2 aromatic heterocycles. The zero-order valence-electron chi connectivity index (χ0n) is 13.5. The largest absolute Gasteiger partial charge is 0.355 e. The van der Waals surface area contributed by atoms with Crippen LogP contribution in [0.4, 0.5) is 0 Å². The maximum Gasteiger partial charge on any atom is 0.233 e. The molecule has 1 amide bonds. The molecule has 1 aliphatic rings. The minimum atomic E-state index is -0.133. The number of fused-ring (bicyclic) bond motifs is 3. The van der Waals surface area contributed by atoms with Gasteiger partial charge in [0.1, 0.15) is 5.52 Å². The Kier molecular flexibility index (Phi) is 4.10. The van der Waals surface area contributed by atoms with Crippen molar-refractivity contribution in [1.29, 1.82) is 0 Å². The number of para-hydroxylation sites is 1. The van der Waals surface area contributed by atoms with E-state index >= 15 is 0 Å². The summed E-state index contributed by atoms with van der Waals surface area (Å²) < 4.78 is 2.15. The first-order chi connectivity index (χ1) is 11.8. The third-order valence-corrected chi connectivity index (χ3v) is 5.52. The fraction of sp³-hybridized carbons (Fsp3) is 0.412. The van der Waals surface area contributed by atoms with Crippen molar-refractivity contribution in [3.05, 3.63) is 24.3 Å². The van der Waals surface area contributed by atoms with Crippen LogP contribution < -0.4 is 5.32 Å². The summed E-state index contributed by atoms with van der Waals surface area (Å²) in [7, 11) is 0. The lowest BCUT2D eigenvalue weighted by Crippen LogP contribution is -2.30. The van der Waals surface area contributed by atoms with Gasteiger partial charge < -0.3 is 9.88 Å². The molecule has 1 unspecified atom stereocenters. The van der Waals surface area contributed by atoms with E-state index in [1.54, 1.807) is 0 Å². The van der Waals surface area contributed by atoms with Gasteiger partial charge in [0.2, 0.25) is 11.1 Å². The molecule has 24 heavy (non-hydrogen) atoms. The Hall–Kier alpha value is -2.15. The molecule has 1 N–H and O–H groups in total. The molecular weight excluding hydrogens is 322 g/mol. The molecule has 1 aliphatic heterocycles. The fourth-order valence-electron chi connectivity index (χ4n) is 3.21. The Bertz CT molecular complexity index is 907. The number of benzene rings is 1. The Labute approximate surface area is 144 Å². The first-order valence-corrected chi connectivity index (χ1v) is 9.22. The molecular formula is C17H19N5OS. The lowest BCUT2D eigenvalue weighted by atomic mass is 10.2.